The highest BCUT2D eigenvalue weighted by Gasteiger charge is 2.20. The molecule has 3 aromatic rings. The summed E-state index contributed by atoms with van der Waals surface area (Å²) in [5, 5.41) is 10.9. The standard InChI is InChI=1S/C16H14N4O3S/c21-24(22,16-8-7-12-3-1-4-13(12)9-16)23-15-6-2-5-14(10-15)20-11-17-18-19-20/h2,5-11H,1,3-4H2. The van der Waals surface area contributed by atoms with Gasteiger partial charge in [-0.25, -0.2) is 4.68 Å². The van der Waals surface area contributed by atoms with Gasteiger partial charge in [0.15, 0.2) is 0 Å². The van der Waals surface area contributed by atoms with Crippen LogP contribution in [0.5, 0.6) is 5.75 Å². The second-order valence-electron chi connectivity index (χ2n) is 5.57. The van der Waals surface area contributed by atoms with E-state index in [1.54, 1.807) is 36.4 Å². The monoisotopic (exact) mass is 342 g/mol. The first-order valence-corrected chi connectivity index (χ1v) is 8.92. The van der Waals surface area contributed by atoms with E-state index in [-0.39, 0.29) is 10.6 Å². The smallest absolute Gasteiger partial charge is 0.339 e. The van der Waals surface area contributed by atoms with Crippen LogP contribution >= 0.6 is 0 Å². The van der Waals surface area contributed by atoms with Crippen LogP contribution in [0.15, 0.2) is 53.7 Å². The largest absolute Gasteiger partial charge is 0.379 e. The van der Waals surface area contributed by atoms with Crippen LogP contribution in [0.25, 0.3) is 5.69 Å². The van der Waals surface area contributed by atoms with Gasteiger partial charge in [0.2, 0.25) is 0 Å². The quantitative estimate of drug-likeness (QED) is 0.673. The van der Waals surface area contributed by atoms with Crippen molar-refractivity contribution in [2.24, 2.45) is 0 Å². The number of hydrogen-bond donors (Lipinski definition) is 0. The van der Waals surface area contributed by atoms with Crippen molar-refractivity contribution in [2.75, 3.05) is 0 Å². The van der Waals surface area contributed by atoms with Gasteiger partial charge in [-0.3, -0.25) is 0 Å². The zero-order chi connectivity index (χ0) is 16.6. The third-order valence-corrected chi connectivity index (χ3v) is 5.24. The third-order valence-electron chi connectivity index (χ3n) is 4.00. The molecule has 0 saturated heterocycles. The number of fused-ring (bicyclic) bond motifs is 1. The summed E-state index contributed by atoms with van der Waals surface area (Å²) in [6.45, 7) is 0. The second kappa shape index (κ2) is 5.72. The average Bonchev–Trinajstić information content (AvgIpc) is 3.25. The maximum absolute atomic E-state index is 12.5. The van der Waals surface area contributed by atoms with Crippen molar-refractivity contribution in [1.29, 1.82) is 0 Å². The molecule has 1 aromatic heterocycles. The Labute approximate surface area is 139 Å². The van der Waals surface area contributed by atoms with Crippen LogP contribution in [-0.2, 0) is 23.0 Å². The van der Waals surface area contributed by atoms with E-state index in [1.807, 2.05) is 6.07 Å². The lowest BCUT2D eigenvalue weighted by atomic mass is 10.1. The fourth-order valence-corrected chi connectivity index (χ4v) is 3.81. The molecule has 7 nitrogen and oxygen atoms in total. The lowest BCUT2D eigenvalue weighted by Gasteiger charge is -2.09. The summed E-state index contributed by atoms with van der Waals surface area (Å²) in [5.41, 5.74) is 2.92. The molecule has 0 fully saturated rings. The molecule has 24 heavy (non-hydrogen) atoms. The average molecular weight is 342 g/mol. The molecule has 4 rings (SSSR count). The van der Waals surface area contributed by atoms with Crippen LogP contribution in [-0.4, -0.2) is 28.6 Å². The summed E-state index contributed by atoms with van der Waals surface area (Å²) in [5.74, 6) is 0.212. The zero-order valence-electron chi connectivity index (χ0n) is 12.7. The van der Waals surface area contributed by atoms with E-state index in [0.717, 1.165) is 24.8 Å². The number of aryl methyl sites for hydroxylation is 2. The molecule has 0 amide bonds. The number of aromatic nitrogens is 4. The molecular formula is C16H14N4O3S. The van der Waals surface area contributed by atoms with Crippen molar-refractivity contribution in [2.45, 2.75) is 24.2 Å². The fourth-order valence-electron chi connectivity index (χ4n) is 2.84. The van der Waals surface area contributed by atoms with E-state index in [9.17, 15) is 8.42 Å². The molecule has 122 valence electrons. The van der Waals surface area contributed by atoms with Crippen LogP contribution in [0.1, 0.15) is 17.5 Å². The minimum Gasteiger partial charge on any atom is -0.379 e. The third kappa shape index (κ3) is 2.76. The SMILES string of the molecule is O=S(=O)(Oc1cccc(-n2cnnn2)c1)c1ccc2c(c1)CCC2. The highest BCUT2D eigenvalue weighted by Crippen LogP contribution is 2.27. The Bertz CT molecular complexity index is 984. The molecule has 1 heterocycles. The van der Waals surface area contributed by atoms with Crippen LogP contribution in [0, 0.1) is 0 Å². The van der Waals surface area contributed by atoms with Crippen LogP contribution in [0.4, 0.5) is 0 Å². The number of hydrogen-bond acceptors (Lipinski definition) is 6. The van der Waals surface area contributed by atoms with Gasteiger partial charge in [-0.1, -0.05) is 12.1 Å². The molecule has 0 N–H and O–H groups in total. The van der Waals surface area contributed by atoms with E-state index < -0.39 is 10.1 Å². The molecule has 0 saturated carbocycles. The van der Waals surface area contributed by atoms with Gasteiger partial charge in [0.1, 0.15) is 17.0 Å². The molecule has 8 heteroatoms. The van der Waals surface area contributed by atoms with Gasteiger partial charge in [0.25, 0.3) is 0 Å². The minimum absolute atomic E-state index is 0.177. The van der Waals surface area contributed by atoms with E-state index in [4.69, 9.17) is 4.18 Å². The lowest BCUT2D eigenvalue weighted by Crippen LogP contribution is -2.10. The summed E-state index contributed by atoms with van der Waals surface area (Å²) in [6, 6.07) is 11.8. The summed E-state index contributed by atoms with van der Waals surface area (Å²) >= 11 is 0. The predicted molar refractivity (Wildman–Crippen MR) is 85.4 cm³/mol. The molecule has 2 aromatic carbocycles. The van der Waals surface area contributed by atoms with Crippen LogP contribution in [0.2, 0.25) is 0 Å². The molecule has 0 aliphatic heterocycles. The highest BCUT2D eigenvalue weighted by atomic mass is 32.2. The Hall–Kier alpha value is -2.74. The Morgan fingerprint density at radius 1 is 1.04 bits per heavy atom. The van der Waals surface area contributed by atoms with Gasteiger partial charge in [0.05, 0.1) is 5.69 Å². The van der Waals surface area contributed by atoms with Crippen molar-refractivity contribution in [1.82, 2.24) is 20.2 Å². The maximum Gasteiger partial charge on any atom is 0.339 e. The van der Waals surface area contributed by atoms with E-state index in [1.165, 1.54) is 16.6 Å². The predicted octanol–water partition coefficient (Wildman–Crippen LogP) is 1.92. The Morgan fingerprint density at radius 2 is 1.92 bits per heavy atom. The Balaban J connectivity index is 1.63. The highest BCUT2D eigenvalue weighted by molar-refractivity contribution is 7.87. The van der Waals surface area contributed by atoms with E-state index in [2.05, 4.69) is 15.5 Å². The second-order valence-corrected chi connectivity index (χ2v) is 7.12. The number of nitrogens with zero attached hydrogens (tertiary/aromatic N) is 4. The molecule has 0 spiro atoms. The molecule has 1 aliphatic rings. The summed E-state index contributed by atoms with van der Waals surface area (Å²) in [7, 11) is -3.88. The first-order valence-electron chi connectivity index (χ1n) is 7.51. The summed E-state index contributed by atoms with van der Waals surface area (Å²) in [4.78, 5) is 0.177. The van der Waals surface area contributed by atoms with Crippen LogP contribution in [0.3, 0.4) is 0 Å². The van der Waals surface area contributed by atoms with Gasteiger partial charge in [-0.05, 0) is 65.1 Å². The van der Waals surface area contributed by atoms with Gasteiger partial charge < -0.3 is 4.18 Å². The van der Waals surface area contributed by atoms with E-state index >= 15 is 0 Å². The molecular weight excluding hydrogens is 328 g/mol. The lowest BCUT2D eigenvalue weighted by molar-refractivity contribution is 0.485. The van der Waals surface area contributed by atoms with E-state index in [0.29, 0.717) is 5.69 Å². The molecule has 0 unspecified atom stereocenters. The van der Waals surface area contributed by atoms with Crippen molar-refractivity contribution < 1.29 is 12.6 Å². The van der Waals surface area contributed by atoms with Crippen molar-refractivity contribution in [3.05, 3.63) is 59.9 Å². The zero-order valence-corrected chi connectivity index (χ0v) is 13.5. The molecule has 0 atom stereocenters. The van der Waals surface area contributed by atoms with Crippen molar-refractivity contribution in [3.8, 4) is 11.4 Å². The van der Waals surface area contributed by atoms with Gasteiger partial charge >= 0.3 is 10.1 Å². The molecule has 0 bridgehead atoms. The Kier molecular flexibility index (Phi) is 3.53. The number of tetrazole rings is 1. The van der Waals surface area contributed by atoms with Gasteiger partial charge in [-0.15, -0.1) is 5.10 Å². The Morgan fingerprint density at radius 3 is 2.75 bits per heavy atom. The number of benzene rings is 2. The fraction of sp³-hybridized carbons (Fsp3) is 0.188. The first-order chi connectivity index (χ1) is 11.6. The summed E-state index contributed by atoms with van der Waals surface area (Å²) < 4.78 is 31.8. The van der Waals surface area contributed by atoms with Crippen LogP contribution < -0.4 is 4.18 Å². The summed E-state index contributed by atoms with van der Waals surface area (Å²) in [6.07, 6.45) is 4.40. The van der Waals surface area contributed by atoms with Gasteiger partial charge in [0, 0.05) is 6.07 Å². The molecule has 0 radical (unpaired) electrons. The normalized spacial score (nSPS) is 13.7. The topological polar surface area (TPSA) is 87.0 Å². The first kappa shape index (κ1) is 14.8. The van der Waals surface area contributed by atoms with Crippen molar-refractivity contribution >= 4 is 10.1 Å². The number of rotatable bonds is 4. The van der Waals surface area contributed by atoms with Crippen molar-refractivity contribution in [3.63, 3.8) is 0 Å². The molecule has 1 aliphatic carbocycles. The minimum atomic E-state index is -3.88. The maximum atomic E-state index is 12.5. The van der Waals surface area contributed by atoms with Gasteiger partial charge in [-0.2, -0.15) is 8.42 Å².